The molecule has 5 heteroatoms. The predicted molar refractivity (Wildman–Crippen MR) is 76.1 cm³/mol. The smallest absolute Gasteiger partial charge is 0.303 e. The van der Waals surface area contributed by atoms with E-state index in [1.807, 2.05) is 19.9 Å². The Morgan fingerprint density at radius 3 is 2.70 bits per heavy atom. The average molecular weight is 278 g/mol. The Bertz CT molecular complexity index is 432. The molecule has 1 atom stereocenters. The normalized spacial score (nSPS) is 12.2. The molecule has 0 bridgehead atoms. The van der Waals surface area contributed by atoms with Gasteiger partial charge in [-0.3, -0.25) is 14.6 Å². The maximum atomic E-state index is 11.8. The summed E-state index contributed by atoms with van der Waals surface area (Å²) < 4.78 is 0. The molecule has 110 valence electrons. The van der Waals surface area contributed by atoms with Crippen molar-refractivity contribution in [3.63, 3.8) is 0 Å². The number of pyridine rings is 1. The van der Waals surface area contributed by atoms with E-state index in [9.17, 15) is 9.59 Å². The molecule has 1 rings (SSSR count). The number of rotatable bonds is 8. The van der Waals surface area contributed by atoms with Crippen LogP contribution in [0.15, 0.2) is 24.5 Å². The Kier molecular flexibility index (Phi) is 6.70. The molecule has 1 heterocycles. The number of carboxylic acid groups (broad SMARTS) is 1. The molecule has 0 unspecified atom stereocenters. The van der Waals surface area contributed by atoms with Crippen LogP contribution >= 0.6 is 0 Å². The molecular weight excluding hydrogens is 256 g/mol. The first-order chi connectivity index (χ1) is 9.47. The van der Waals surface area contributed by atoms with Gasteiger partial charge in [-0.15, -0.1) is 0 Å². The van der Waals surface area contributed by atoms with E-state index < -0.39 is 5.97 Å². The van der Waals surface area contributed by atoms with Crippen molar-refractivity contribution in [2.75, 3.05) is 6.54 Å². The van der Waals surface area contributed by atoms with Crippen molar-refractivity contribution in [1.82, 2.24) is 10.3 Å². The van der Waals surface area contributed by atoms with Gasteiger partial charge in [-0.1, -0.05) is 19.9 Å². The minimum atomic E-state index is -0.822. The van der Waals surface area contributed by atoms with Crippen LogP contribution in [0.4, 0.5) is 0 Å². The molecule has 20 heavy (non-hydrogen) atoms. The highest BCUT2D eigenvalue weighted by atomic mass is 16.4. The second-order valence-corrected chi connectivity index (χ2v) is 5.44. The minimum Gasteiger partial charge on any atom is -0.481 e. The van der Waals surface area contributed by atoms with E-state index in [1.54, 1.807) is 18.5 Å². The number of amides is 1. The Balaban J connectivity index is 2.41. The molecule has 1 amide bonds. The number of hydrogen-bond acceptors (Lipinski definition) is 3. The first-order valence-electron chi connectivity index (χ1n) is 6.84. The number of aliphatic carboxylic acids is 1. The summed E-state index contributed by atoms with van der Waals surface area (Å²) in [6, 6.07) is 3.63. The second-order valence-electron chi connectivity index (χ2n) is 5.44. The standard InChI is InChI=1S/C15H22N2O3/c1-11(2)6-13(8-15(19)20)10-17-14(18)7-12-4-3-5-16-9-12/h3-5,9,11,13H,6-8,10H2,1-2H3,(H,17,18)(H,19,20)/t13-/m0/s1. The number of nitrogens with one attached hydrogen (secondary N) is 1. The Labute approximate surface area is 119 Å². The topological polar surface area (TPSA) is 79.3 Å². The molecule has 0 saturated heterocycles. The molecule has 1 aromatic heterocycles. The molecule has 0 aliphatic rings. The van der Waals surface area contributed by atoms with Gasteiger partial charge < -0.3 is 10.4 Å². The van der Waals surface area contributed by atoms with Gasteiger partial charge in [-0.25, -0.2) is 0 Å². The van der Waals surface area contributed by atoms with Gasteiger partial charge in [0.15, 0.2) is 0 Å². The fourth-order valence-corrected chi connectivity index (χ4v) is 2.16. The Morgan fingerprint density at radius 2 is 2.15 bits per heavy atom. The zero-order valence-corrected chi connectivity index (χ0v) is 12.0. The maximum Gasteiger partial charge on any atom is 0.303 e. The minimum absolute atomic E-state index is 0.0228. The van der Waals surface area contributed by atoms with Crippen LogP contribution in [0.1, 0.15) is 32.3 Å². The fraction of sp³-hybridized carbons (Fsp3) is 0.533. The third-order valence-electron chi connectivity index (χ3n) is 2.94. The highest BCUT2D eigenvalue weighted by molar-refractivity contribution is 5.78. The van der Waals surface area contributed by atoms with Crippen molar-refractivity contribution in [3.05, 3.63) is 30.1 Å². The monoisotopic (exact) mass is 278 g/mol. The molecule has 0 aliphatic carbocycles. The summed E-state index contributed by atoms with van der Waals surface area (Å²) in [7, 11) is 0. The van der Waals surface area contributed by atoms with Crippen LogP contribution in [-0.4, -0.2) is 28.5 Å². The van der Waals surface area contributed by atoms with Gasteiger partial charge in [0.25, 0.3) is 0 Å². The van der Waals surface area contributed by atoms with Crippen molar-refractivity contribution in [1.29, 1.82) is 0 Å². The summed E-state index contributed by atoms with van der Waals surface area (Å²) >= 11 is 0. The second kappa shape index (κ2) is 8.30. The van der Waals surface area contributed by atoms with Gasteiger partial charge in [0.1, 0.15) is 0 Å². The highest BCUT2D eigenvalue weighted by Crippen LogP contribution is 2.14. The lowest BCUT2D eigenvalue weighted by molar-refractivity contribution is -0.138. The summed E-state index contributed by atoms with van der Waals surface area (Å²) in [6.45, 7) is 4.50. The van der Waals surface area contributed by atoms with Crippen LogP contribution in [0.2, 0.25) is 0 Å². The molecular formula is C15H22N2O3. The summed E-state index contributed by atoms with van der Waals surface area (Å²) in [5.41, 5.74) is 0.851. The third-order valence-corrected chi connectivity index (χ3v) is 2.94. The summed E-state index contributed by atoms with van der Waals surface area (Å²) in [6.07, 6.45) is 4.47. The van der Waals surface area contributed by atoms with E-state index in [4.69, 9.17) is 5.11 Å². The SMILES string of the molecule is CC(C)C[C@H](CNC(=O)Cc1cccnc1)CC(=O)O. The average Bonchev–Trinajstić information content (AvgIpc) is 2.36. The van der Waals surface area contributed by atoms with Gasteiger partial charge >= 0.3 is 5.97 Å². The largest absolute Gasteiger partial charge is 0.481 e. The Hall–Kier alpha value is -1.91. The van der Waals surface area contributed by atoms with Crippen LogP contribution in [0, 0.1) is 11.8 Å². The summed E-state index contributed by atoms with van der Waals surface area (Å²) in [4.78, 5) is 26.6. The van der Waals surface area contributed by atoms with Gasteiger partial charge in [0.05, 0.1) is 6.42 Å². The quantitative estimate of drug-likeness (QED) is 0.761. The highest BCUT2D eigenvalue weighted by Gasteiger charge is 2.16. The van der Waals surface area contributed by atoms with Crippen LogP contribution in [0.25, 0.3) is 0 Å². The molecule has 0 aromatic carbocycles. The molecule has 0 radical (unpaired) electrons. The lowest BCUT2D eigenvalue weighted by Crippen LogP contribution is -2.32. The first-order valence-corrected chi connectivity index (χ1v) is 6.84. The van der Waals surface area contributed by atoms with E-state index in [1.165, 1.54) is 0 Å². The number of aromatic nitrogens is 1. The number of hydrogen-bond donors (Lipinski definition) is 2. The maximum absolute atomic E-state index is 11.8. The lowest BCUT2D eigenvalue weighted by Gasteiger charge is -2.17. The lowest BCUT2D eigenvalue weighted by atomic mass is 9.94. The third kappa shape index (κ3) is 6.87. The van der Waals surface area contributed by atoms with Crippen molar-refractivity contribution in [2.45, 2.75) is 33.1 Å². The molecule has 0 saturated carbocycles. The van der Waals surface area contributed by atoms with E-state index in [0.29, 0.717) is 12.5 Å². The first kappa shape index (κ1) is 16.1. The van der Waals surface area contributed by atoms with Crippen LogP contribution < -0.4 is 5.32 Å². The zero-order valence-electron chi connectivity index (χ0n) is 12.0. The molecule has 0 aliphatic heterocycles. The number of carbonyl (C=O) groups is 2. The fourth-order valence-electron chi connectivity index (χ4n) is 2.16. The van der Waals surface area contributed by atoms with Crippen molar-refractivity contribution in [2.24, 2.45) is 11.8 Å². The van der Waals surface area contributed by atoms with E-state index in [2.05, 4.69) is 10.3 Å². The van der Waals surface area contributed by atoms with E-state index in [-0.39, 0.29) is 24.7 Å². The number of carboxylic acids is 1. The summed E-state index contributed by atoms with van der Waals surface area (Å²) in [5.74, 6) is -0.533. The van der Waals surface area contributed by atoms with E-state index >= 15 is 0 Å². The summed E-state index contributed by atoms with van der Waals surface area (Å²) in [5, 5.41) is 11.7. The van der Waals surface area contributed by atoms with Crippen molar-refractivity contribution in [3.8, 4) is 0 Å². The molecule has 2 N–H and O–H groups in total. The van der Waals surface area contributed by atoms with Crippen molar-refractivity contribution >= 4 is 11.9 Å². The van der Waals surface area contributed by atoms with Crippen LogP contribution in [-0.2, 0) is 16.0 Å². The molecule has 0 fully saturated rings. The van der Waals surface area contributed by atoms with E-state index in [0.717, 1.165) is 12.0 Å². The van der Waals surface area contributed by atoms with Crippen LogP contribution in [0.5, 0.6) is 0 Å². The molecule has 5 nitrogen and oxygen atoms in total. The molecule has 0 spiro atoms. The number of nitrogens with zero attached hydrogens (tertiary/aromatic N) is 1. The van der Waals surface area contributed by atoms with Crippen LogP contribution in [0.3, 0.4) is 0 Å². The predicted octanol–water partition coefficient (Wildman–Crippen LogP) is 1.88. The van der Waals surface area contributed by atoms with Crippen molar-refractivity contribution < 1.29 is 14.7 Å². The van der Waals surface area contributed by atoms with Gasteiger partial charge in [-0.2, -0.15) is 0 Å². The number of carbonyl (C=O) groups excluding carboxylic acids is 1. The Morgan fingerprint density at radius 1 is 1.40 bits per heavy atom. The van der Waals surface area contributed by atoms with Gasteiger partial charge in [-0.05, 0) is 29.9 Å². The van der Waals surface area contributed by atoms with Gasteiger partial charge in [0, 0.05) is 25.4 Å². The van der Waals surface area contributed by atoms with Gasteiger partial charge in [0.2, 0.25) is 5.91 Å². The zero-order chi connectivity index (χ0) is 15.0. The molecule has 1 aromatic rings.